The number of hydrogen-bond acceptors (Lipinski definition) is 17. The largest absolute Gasteiger partial charge is 0.352 e. The zero-order valence-electron chi connectivity index (χ0n) is 80.9. The Morgan fingerprint density at radius 2 is 0.676 bits per heavy atom. The van der Waals surface area contributed by atoms with Gasteiger partial charge in [0, 0.05) is 227 Å². The number of aromatic nitrogens is 13. The van der Waals surface area contributed by atoms with Crippen molar-refractivity contribution < 1.29 is 55.6 Å². The van der Waals surface area contributed by atoms with E-state index in [2.05, 4.69) is 81.9 Å². The number of carbonyl (C=O) groups is 7. The Morgan fingerprint density at radius 3 is 1.00 bits per heavy atom. The van der Waals surface area contributed by atoms with E-state index in [0.29, 0.717) is 180 Å². The van der Waals surface area contributed by atoms with Crippen molar-refractivity contribution in [2.45, 2.75) is 149 Å². The molecule has 4 aromatic carbocycles. The van der Waals surface area contributed by atoms with E-state index >= 15 is 0 Å². The van der Waals surface area contributed by atoms with Gasteiger partial charge in [0.25, 0.3) is 41.4 Å². The van der Waals surface area contributed by atoms with E-state index in [1.807, 2.05) is 188 Å². The minimum absolute atomic E-state index is 0.0707. The molecule has 4 N–H and O–H groups in total. The van der Waals surface area contributed by atoms with Gasteiger partial charge >= 0.3 is 0 Å². The minimum atomic E-state index is -1.20. The highest BCUT2D eigenvalue weighted by atomic mass is 19.2. The van der Waals surface area contributed by atoms with Crippen LogP contribution in [0.5, 0.6) is 0 Å². The number of rotatable bonds is 16. The summed E-state index contributed by atoms with van der Waals surface area (Å²) >= 11 is 0. The number of nitrogens with zero attached hydrogens (tertiary/aromatic N) is 18. The van der Waals surface area contributed by atoms with Crippen LogP contribution in [0.1, 0.15) is 195 Å². The average molecular weight is 1920 g/mol. The zero-order valence-corrected chi connectivity index (χ0v) is 80.9. The monoisotopic (exact) mass is 1920 g/mol. The van der Waals surface area contributed by atoms with Gasteiger partial charge in [-0.15, -0.1) is 0 Å². The molecule has 0 bridgehead atoms. The van der Waals surface area contributed by atoms with Gasteiger partial charge in [-0.25, -0.2) is 42.5 Å². The number of carbonyl (C=O) groups excluding carboxylic acids is 7. The van der Waals surface area contributed by atoms with E-state index < -0.39 is 22.7 Å². The van der Waals surface area contributed by atoms with Gasteiger partial charge < -0.3 is 63.7 Å². The molecule has 0 spiro atoms. The van der Waals surface area contributed by atoms with Crippen LogP contribution >= 0.6 is 0 Å². The average Bonchev–Trinajstić information content (AvgIpc) is 1.73. The van der Waals surface area contributed by atoms with E-state index in [1.165, 1.54) is 12.0 Å². The standard InChI is InChI=1S/C23H26FN5O2.C23H25FN4O2.C22H21N5O2.C21H22FN3O.C20H21FN4O/c1-23(24)7-12-28(13-8-23)22(31)18-14-17-6-11-29(20(17)27-15-18)19-4-2-16(3-5-19)21(30)26-10-9-25;1-3-25-21(29)16-4-6-19(7-5-16)28-11-8-17-14-18(15-26-20(17)28)22(30)27-12-9-23(2,24)10-13-27;1-15-24-20(25-29-15)16-6-5-7-19(13-16)27-11-8-17-12-18(14-23-21(17)27)22(28)26-9-3-2-4-10-26;1-15-3-5-18(6-4-15)25-10-7-16-13-17(14-23-19(16)25)20(26)24-11-8-21(2,22)9-12-24;1-14-9-17(13-22-11-14)25-6-3-15-10-16(12-23-18(15)25)19(26)24-7-4-20(2,21)5-8-24/h2-6,11,14-15H,7-10,12-13,25H2,1H3,(H,26,30);4-8,11,14-15H,3,9-10,12-13H2,1-2H3,(H,25,29);5-8,11-14H,2-4,9-10H2,1H3;3-7,10,13-14H,8-9,11-12H2,1-2H3;3,6,9-13H,4-5,7-8H2,1-2H3. The first-order valence-electron chi connectivity index (χ1n) is 48.3. The van der Waals surface area contributed by atoms with Crippen LogP contribution in [0.4, 0.5) is 17.6 Å². The van der Waals surface area contributed by atoms with Crippen LogP contribution in [-0.4, -0.2) is 236 Å². The molecule has 12 aromatic heterocycles. The molecule has 0 aliphatic carbocycles. The van der Waals surface area contributed by atoms with Gasteiger partial charge in [-0.2, -0.15) is 4.98 Å². The number of nitrogens with two attached hydrogens (primary N) is 1. The molecule has 5 fully saturated rings. The molecule has 0 atom stereocenters. The predicted octanol–water partition coefficient (Wildman–Crippen LogP) is 18.4. The number of amides is 7. The van der Waals surface area contributed by atoms with Crippen LogP contribution in [-0.2, 0) is 0 Å². The van der Waals surface area contributed by atoms with E-state index in [1.54, 1.807) is 122 Å². The van der Waals surface area contributed by atoms with Gasteiger partial charge in [-0.05, 0) is 264 Å². The number of nitrogens with one attached hydrogen (secondary N) is 2. The van der Waals surface area contributed by atoms with Crippen molar-refractivity contribution >= 4 is 96.5 Å². The fraction of sp³-hybridized carbons (Fsp3) is 0.330. The number of hydrogen-bond donors (Lipinski definition) is 3. The molecule has 7 amide bonds. The zero-order chi connectivity index (χ0) is 99.7. The molecule has 0 saturated carbocycles. The number of aryl methyl sites for hydroxylation is 3. The molecule has 5 saturated heterocycles. The Kier molecular flexibility index (Phi) is 29.3. The molecule has 33 heteroatoms. The molecule has 5 aliphatic heterocycles. The number of pyridine rings is 6. The van der Waals surface area contributed by atoms with E-state index in [9.17, 15) is 51.1 Å². The summed E-state index contributed by atoms with van der Waals surface area (Å²) in [6, 6.07) is 51.7. The van der Waals surface area contributed by atoms with Gasteiger partial charge in [-0.3, -0.25) is 43.1 Å². The molecule has 21 rings (SSSR count). The molecule has 16 aromatic rings. The summed E-state index contributed by atoms with van der Waals surface area (Å²) in [5, 5.41) is 13.9. The quantitative estimate of drug-likeness (QED) is 0.0757. The van der Waals surface area contributed by atoms with Gasteiger partial charge in [-0.1, -0.05) is 35.0 Å². The highest BCUT2D eigenvalue weighted by molar-refractivity contribution is 6.02. The van der Waals surface area contributed by atoms with Gasteiger partial charge in [0.2, 0.25) is 11.7 Å². The van der Waals surface area contributed by atoms with Gasteiger partial charge in [0.15, 0.2) is 0 Å². The van der Waals surface area contributed by atoms with Crippen molar-refractivity contribution in [3.63, 3.8) is 0 Å². The van der Waals surface area contributed by atoms with E-state index in [4.69, 9.17) is 10.3 Å². The molecule has 17 heterocycles. The molecule has 29 nitrogen and oxygen atoms in total. The van der Waals surface area contributed by atoms with Crippen LogP contribution in [0.25, 0.3) is 95.0 Å². The van der Waals surface area contributed by atoms with Gasteiger partial charge in [0.1, 0.15) is 50.9 Å². The number of fused-ring (bicyclic) bond motifs is 5. The van der Waals surface area contributed by atoms with Crippen molar-refractivity contribution in [3.8, 4) is 39.8 Å². The molecular weight excluding hydrogens is 1810 g/mol. The molecule has 0 radical (unpaired) electrons. The van der Waals surface area contributed by atoms with Crippen molar-refractivity contribution in [2.24, 2.45) is 5.73 Å². The summed E-state index contributed by atoms with van der Waals surface area (Å²) in [4.78, 5) is 128. The molecule has 5 aliphatic rings. The smallest absolute Gasteiger partial charge is 0.255 e. The third-order valence-electron chi connectivity index (χ3n) is 26.8. The Labute approximate surface area is 819 Å². The highest BCUT2D eigenvalue weighted by Gasteiger charge is 2.37. The van der Waals surface area contributed by atoms with Crippen molar-refractivity contribution in [1.29, 1.82) is 0 Å². The number of likely N-dealkylation sites (tertiary alicyclic amines) is 5. The second-order valence-electron chi connectivity index (χ2n) is 38.0. The molecule has 0 unspecified atom stereocenters. The van der Waals surface area contributed by atoms with Crippen LogP contribution < -0.4 is 16.4 Å². The summed E-state index contributed by atoms with van der Waals surface area (Å²) in [7, 11) is 0. The normalized spacial score (nSPS) is 15.9. The topological polar surface area (TPSA) is 327 Å². The molecule has 142 heavy (non-hydrogen) atoms. The van der Waals surface area contributed by atoms with Crippen LogP contribution in [0.2, 0.25) is 0 Å². The number of benzene rings is 4. The Morgan fingerprint density at radius 1 is 0.352 bits per heavy atom. The van der Waals surface area contributed by atoms with Crippen molar-refractivity contribution in [2.75, 3.05) is 85.1 Å². The summed E-state index contributed by atoms with van der Waals surface area (Å²) in [5.74, 6) is 0.506. The fourth-order valence-corrected chi connectivity index (χ4v) is 18.1. The van der Waals surface area contributed by atoms with E-state index in [-0.39, 0.29) is 41.4 Å². The summed E-state index contributed by atoms with van der Waals surface area (Å²) < 4.78 is 70.8. The third-order valence-corrected chi connectivity index (χ3v) is 26.8. The van der Waals surface area contributed by atoms with Crippen LogP contribution in [0, 0.1) is 20.8 Å². The number of alkyl halides is 4. The fourth-order valence-electron chi connectivity index (χ4n) is 18.1. The van der Waals surface area contributed by atoms with Crippen LogP contribution in [0.3, 0.4) is 0 Å². The molecule has 732 valence electrons. The lowest BCUT2D eigenvalue weighted by molar-refractivity contribution is 0.0493. The van der Waals surface area contributed by atoms with Crippen LogP contribution in [0.15, 0.2) is 243 Å². The van der Waals surface area contributed by atoms with Crippen molar-refractivity contribution in [1.82, 2.24) is 98.0 Å². The summed E-state index contributed by atoms with van der Waals surface area (Å²) in [6.45, 7) is 20.6. The first-order valence-corrected chi connectivity index (χ1v) is 48.3. The van der Waals surface area contributed by atoms with Crippen molar-refractivity contribution in [3.05, 3.63) is 294 Å². The maximum absolute atomic E-state index is 14.0. The lowest BCUT2D eigenvalue weighted by Crippen LogP contribution is -2.43. The number of piperidine rings is 5. The minimum Gasteiger partial charge on any atom is -0.352 e. The lowest BCUT2D eigenvalue weighted by atomic mass is 9.95. The lowest BCUT2D eigenvalue weighted by Gasteiger charge is -2.34. The number of halogens is 4. The second kappa shape index (κ2) is 42.3. The van der Waals surface area contributed by atoms with Gasteiger partial charge in [0.05, 0.1) is 39.7 Å². The second-order valence-corrected chi connectivity index (χ2v) is 38.0. The summed E-state index contributed by atoms with van der Waals surface area (Å²) in [6.07, 6.45) is 27.6. The highest BCUT2D eigenvalue weighted by Crippen LogP contribution is 2.35. The van der Waals surface area contributed by atoms with E-state index in [0.717, 1.165) is 115 Å². The third kappa shape index (κ3) is 22.9. The Hall–Kier alpha value is -15.4. The molecular formula is C109H115F4N21O8. The Bertz CT molecular complexity index is 7280. The first-order chi connectivity index (χ1) is 68.3. The summed E-state index contributed by atoms with van der Waals surface area (Å²) in [5.41, 5.74) is 16.3. The SMILES string of the molecule is CC1(F)CCN(C(=O)c2cnc3c(ccn3-c3ccc(C(=O)NCCN)cc3)c2)CC1.CCNC(=O)c1ccc(-n2ccc3cc(C(=O)N4CCC(C)(F)CC4)cnc32)cc1.Cc1ccc(-n2ccc3cc(C(=O)N4CCC(C)(F)CC4)cnc32)cc1.Cc1cncc(-n2ccc3cc(C(=O)N4CCC(C)(F)CC4)cnc32)c1.Cc1nc(-c2cccc(-n3ccc4cc(C(=O)N5CCCCC5)cnc43)c2)no1. The first kappa shape index (κ1) is 98.2. The maximum atomic E-state index is 14.0. The maximum Gasteiger partial charge on any atom is 0.255 e. The Balaban J connectivity index is 0.000000122. The predicted molar refractivity (Wildman–Crippen MR) is 538 cm³/mol.